The minimum atomic E-state index is 0.326. The van der Waals surface area contributed by atoms with Crippen molar-refractivity contribution in [2.24, 2.45) is 0 Å². The van der Waals surface area contributed by atoms with Crippen LogP contribution in [-0.4, -0.2) is 50.8 Å². The number of fused-ring (bicyclic) bond motifs is 1. The number of hydrogen-bond acceptors (Lipinski definition) is 4. The van der Waals surface area contributed by atoms with Crippen molar-refractivity contribution in [3.63, 3.8) is 0 Å². The first-order chi connectivity index (χ1) is 8.72. The van der Waals surface area contributed by atoms with Gasteiger partial charge in [0.1, 0.15) is 0 Å². The van der Waals surface area contributed by atoms with Gasteiger partial charge < -0.3 is 20.3 Å². The normalized spacial score (nSPS) is 24.3. The second-order valence-corrected chi connectivity index (χ2v) is 5.34. The third-order valence-corrected chi connectivity index (χ3v) is 3.86. The van der Waals surface area contributed by atoms with E-state index in [0.29, 0.717) is 6.10 Å². The summed E-state index contributed by atoms with van der Waals surface area (Å²) < 4.78 is 5.84. The van der Waals surface area contributed by atoms with Crippen LogP contribution in [-0.2, 0) is 11.2 Å². The lowest BCUT2D eigenvalue weighted by Gasteiger charge is -2.33. The fourth-order valence-electron chi connectivity index (χ4n) is 2.90. The zero-order valence-corrected chi connectivity index (χ0v) is 10.9. The molecule has 0 aliphatic carbocycles. The first-order valence-corrected chi connectivity index (χ1v) is 6.66. The van der Waals surface area contributed by atoms with Gasteiger partial charge in [-0.2, -0.15) is 0 Å². The first kappa shape index (κ1) is 11.8. The van der Waals surface area contributed by atoms with Crippen LogP contribution in [0, 0.1) is 0 Å². The van der Waals surface area contributed by atoms with Crippen molar-refractivity contribution in [3.05, 3.63) is 23.8 Å². The van der Waals surface area contributed by atoms with Gasteiger partial charge in [-0.3, -0.25) is 0 Å². The lowest BCUT2D eigenvalue weighted by atomic mass is 10.1. The summed E-state index contributed by atoms with van der Waals surface area (Å²) >= 11 is 0. The summed E-state index contributed by atoms with van der Waals surface area (Å²) in [6.45, 7) is 5.00. The molecule has 2 aliphatic rings. The summed E-state index contributed by atoms with van der Waals surface area (Å²) in [4.78, 5) is 4.77. The number of likely N-dealkylation sites (N-methyl/N-ethyl adjacent to an activating group) is 1. The fraction of sp³-hybridized carbons (Fsp3) is 0.571. The number of nitrogen functional groups attached to an aromatic ring is 1. The molecular weight excluding hydrogens is 226 g/mol. The molecule has 0 amide bonds. The molecule has 1 unspecified atom stereocenters. The molecule has 1 aromatic carbocycles. The zero-order valence-electron chi connectivity index (χ0n) is 10.9. The molecule has 0 spiro atoms. The van der Waals surface area contributed by atoms with Crippen molar-refractivity contribution in [1.82, 2.24) is 4.90 Å². The standard InChI is InChI=1S/C14H21N3O/c1-16-6-7-18-13(9-16)10-17-5-4-11-8-12(15)2-3-14(11)17/h2-3,8,13H,4-7,9-10,15H2,1H3. The van der Waals surface area contributed by atoms with Gasteiger partial charge >= 0.3 is 0 Å². The van der Waals surface area contributed by atoms with Crippen molar-refractivity contribution in [3.8, 4) is 0 Å². The summed E-state index contributed by atoms with van der Waals surface area (Å²) in [7, 11) is 2.16. The molecular formula is C14H21N3O. The van der Waals surface area contributed by atoms with Crippen molar-refractivity contribution < 1.29 is 4.74 Å². The molecule has 0 radical (unpaired) electrons. The van der Waals surface area contributed by atoms with Crippen LogP contribution in [0.15, 0.2) is 18.2 Å². The second kappa shape index (κ2) is 4.78. The van der Waals surface area contributed by atoms with Crippen LogP contribution < -0.4 is 10.6 Å². The molecule has 4 heteroatoms. The Morgan fingerprint density at radius 1 is 1.39 bits per heavy atom. The highest BCUT2D eigenvalue weighted by molar-refractivity contribution is 5.63. The Morgan fingerprint density at radius 3 is 3.11 bits per heavy atom. The average Bonchev–Trinajstić information content (AvgIpc) is 2.72. The van der Waals surface area contributed by atoms with Gasteiger partial charge in [-0.15, -0.1) is 0 Å². The summed E-state index contributed by atoms with van der Waals surface area (Å²) in [5.41, 5.74) is 9.40. The maximum atomic E-state index is 5.84. The van der Waals surface area contributed by atoms with Crippen LogP contribution in [0.2, 0.25) is 0 Å². The minimum absolute atomic E-state index is 0.326. The Morgan fingerprint density at radius 2 is 2.28 bits per heavy atom. The van der Waals surface area contributed by atoms with Crippen molar-refractivity contribution in [2.45, 2.75) is 12.5 Å². The van der Waals surface area contributed by atoms with E-state index in [1.54, 1.807) is 0 Å². The van der Waals surface area contributed by atoms with Crippen LogP contribution in [0.1, 0.15) is 5.56 Å². The van der Waals surface area contributed by atoms with Crippen molar-refractivity contribution in [1.29, 1.82) is 0 Å². The number of benzene rings is 1. The molecule has 0 bridgehead atoms. The monoisotopic (exact) mass is 247 g/mol. The Balaban J connectivity index is 1.69. The number of nitrogens with two attached hydrogens (primary N) is 1. The van der Waals surface area contributed by atoms with E-state index in [2.05, 4.69) is 29.0 Å². The van der Waals surface area contributed by atoms with Crippen LogP contribution >= 0.6 is 0 Å². The van der Waals surface area contributed by atoms with Gasteiger partial charge in [-0.25, -0.2) is 0 Å². The summed E-state index contributed by atoms with van der Waals surface area (Å²) in [6.07, 6.45) is 1.43. The Labute approximate surface area is 108 Å². The Bertz CT molecular complexity index is 435. The molecule has 1 saturated heterocycles. The van der Waals surface area contributed by atoms with E-state index < -0.39 is 0 Å². The molecule has 2 N–H and O–H groups in total. The van der Waals surface area contributed by atoms with Crippen LogP contribution in [0.5, 0.6) is 0 Å². The average molecular weight is 247 g/mol. The summed E-state index contributed by atoms with van der Waals surface area (Å²) in [5, 5.41) is 0. The lowest BCUT2D eigenvalue weighted by molar-refractivity contribution is -0.0145. The van der Waals surface area contributed by atoms with Gasteiger partial charge in [-0.05, 0) is 37.2 Å². The number of rotatable bonds is 2. The van der Waals surface area contributed by atoms with Gasteiger partial charge in [0, 0.05) is 37.6 Å². The quantitative estimate of drug-likeness (QED) is 0.791. The van der Waals surface area contributed by atoms with E-state index in [4.69, 9.17) is 10.5 Å². The molecule has 0 saturated carbocycles. The molecule has 4 nitrogen and oxygen atoms in total. The van der Waals surface area contributed by atoms with Gasteiger partial charge in [0.05, 0.1) is 12.7 Å². The molecule has 1 aromatic rings. The van der Waals surface area contributed by atoms with E-state index in [0.717, 1.165) is 44.9 Å². The van der Waals surface area contributed by atoms with Crippen molar-refractivity contribution in [2.75, 3.05) is 50.5 Å². The Kier molecular flexibility index (Phi) is 3.14. The van der Waals surface area contributed by atoms with Crippen LogP contribution in [0.3, 0.4) is 0 Å². The highest BCUT2D eigenvalue weighted by Crippen LogP contribution is 2.29. The van der Waals surface area contributed by atoms with Gasteiger partial charge in [0.25, 0.3) is 0 Å². The number of morpholine rings is 1. The molecule has 18 heavy (non-hydrogen) atoms. The van der Waals surface area contributed by atoms with E-state index in [1.165, 1.54) is 11.3 Å². The van der Waals surface area contributed by atoms with E-state index in [1.807, 2.05) is 6.07 Å². The third kappa shape index (κ3) is 2.31. The van der Waals surface area contributed by atoms with Gasteiger partial charge in [0.15, 0.2) is 0 Å². The highest BCUT2D eigenvalue weighted by atomic mass is 16.5. The molecule has 3 rings (SSSR count). The van der Waals surface area contributed by atoms with Crippen LogP contribution in [0.25, 0.3) is 0 Å². The number of ether oxygens (including phenoxy) is 1. The third-order valence-electron chi connectivity index (χ3n) is 3.86. The molecule has 98 valence electrons. The van der Waals surface area contributed by atoms with Gasteiger partial charge in [0.2, 0.25) is 0 Å². The molecule has 0 aromatic heterocycles. The number of nitrogens with zero attached hydrogens (tertiary/aromatic N) is 2. The zero-order chi connectivity index (χ0) is 12.5. The first-order valence-electron chi connectivity index (χ1n) is 6.66. The highest BCUT2D eigenvalue weighted by Gasteiger charge is 2.25. The molecule has 2 heterocycles. The molecule has 1 atom stereocenters. The van der Waals surface area contributed by atoms with E-state index in [-0.39, 0.29) is 0 Å². The fourth-order valence-corrected chi connectivity index (χ4v) is 2.90. The topological polar surface area (TPSA) is 41.7 Å². The maximum Gasteiger partial charge on any atom is 0.0876 e. The lowest BCUT2D eigenvalue weighted by Crippen LogP contribution is -2.45. The predicted molar refractivity (Wildman–Crippen MR) is 74.0 cm³/mol. The number of hydrogen-bond donors (Lipinski definition) is 1. The second-order valence-electron chi connectivity index (χ2n) is 5.34. The summed E-state index contributed by atoms with van der Waals surface area (Å²) in [6, 6.07) is 6.23. The van der Waals surface area contributed by atoms with Gasteiger partial charge in [-0.1, -0.05) is 0 Å². The van der Waals surface area contributed by atoms with E-state index in [9.17, 15) is 0 Å². The van der Waals surface area contributed by atoms with Crippen LogP contribution in [0.4, 0.5) is 11.4 Å². The minimum Gasteiger partial charge on any atom is -0.399 e. The smallest absolute Gasteiger partial charge is 0.0876 e. The van der Waals surface area contributed by atoms with E-state index >= 15 is 0 Å². The SMILES string of the molecule is CN1CCOC(CN2CCc3cc(N)ccc32)C1. The molecule has 2 aliphatic heterocycles. The summed E-state index contributed by atoms with van der Waals surface area (Å²) in [5.74, 6) is 0. The Hall–Kier alpha value is -1.26. The number of anilines is 2. The van der Waals surface area contributed by atoms with Crippen molar-refractivity contribution >= 4 is 11.4 Å². The maximum absolute atomic E-state index is 5.84. The predicted octanol–water partition coefficient (Wildman–Crippen LogP) is 0.962. The largest absolute Gasteiger partial charge is 0.399 e. The molecule has 1 fully saturated rings.